The molecule has 0 saturated heterocycles. The van der Waals surface area contributed by atoms with Crippen LogP contribution in [0.5, 0.6) is 5.75 Å². The van der Waals surface area contributed by atoms with E-state index < -0.39 is 34.9 Å². The summed E-state index contributed by atoms with van der Waals surface area (Å²) in [6.07, 6.45) is -4.51. The van der Waals surface area contributed by atoms with Gasteiger partial charge in [-0.05, 0) is 48.9 Å². The van der Waals surface area contributed by atoms with Crippen molar-refractivity contribution < 1.29 is 22.7 Å². The summed E-state index contributed by atoms with van der Waals surface area (Å²) in [5.74, 6) is -0.166. The predicted octanol–water partition coefficient (Wildman–Crippen LogP) is 4.06. The van der Waals surface area contributed by atoms with Crippen molar-refractivity contribution in [3.05, 3.63) is 105 Å². The number of carbonyl (C=O) groups is 1. The van der Waals surface area contributed by atoms with Crippen molar-refractivity contribution in [1.82, 2.24) is 14.5 Å². The van der Waals surface area contributed by atoms with Gasteiger partial charge in [-0.1, -0.05) is 30.3 Å². The van der Waals surface area contributed by atoms with E-state index in [2.05, 4.69) is 5.32 Å². The van der Waals surface area contributed by atoms with Crippen LogP contribution < -0.4 is 21.3 Å². The highest BCUT2D eigenvalue weighted by molar-refractivity contribution is 5.84. The van der Waals surface area contributed by atoms with E-state index in [0.29, 0.717) is 5.75 Å². The molecule has 4 rings (SSSR count). The highest BCUT2D eigenvalue weighted by Crippen LogP contribution is 2.29. The van der Waals surface area contributed by atoms with Crippen LogP contribution in [0.25, 0.3) is 16.6 Å². The molecule has 0 aliphatic rings. The van der Waals surface area contributed by atoms with Crippen molar-refractivity contribution >= 4 is 16.8 Å². The van der Waals surface area contributed by atoms with E-state index in [4.69, 9.17) is 4.74 Å². The van der Waals surface area contributed by atoms with Crippen LogP contribution in [-0.4, -0.2) is 22.2 Å². The molecule has 0 aliphatic carbocycles. The average molecular weight is 497 g/mol. The molecule has 1 N–H and O–H groups in total. The first-order valence-electron chi connectivity index (χ1n) is 11.0. The van der Waals surface area contributed by atoms with Crippen molar-refractivity contribution in [2.45, 2.75) is 25.7 Å². The van der Waals surface area contributed by atoms with Gasteiger partial charge in [0.25, 0.3) is 5.56 Å². The molecule has 1 aromatic heterocycles. The molecule has 1 atom stereocenters. The highest BCUT2D eigenvalue weighted by atomic mass is 19.4. The Morgan fingerprint density at radius 3 is 2.44 bits per heavy atom. The van der Waals surface area contributed by atoms with Gasteiger partial charge in [0.15, 0.2) is 0 Å². The maximum Gasteiger partial charge on any atom is 0.416 e. The molecule has 4 aromatic rings. The van der Waals surface area contributed by atoms with Gasteiger partial charge in [-0.15, -0.1) is 0 Å². The van der Waals surface area contributed by atoms with Crippen molar-refractivity contribution in [2.24, 2.45) is 0 Å². The van der Waals surface area contributed by atoms with Crippen LogP contribution in [0.2, 0.25) is 0 Å². The minimum Gasteiger partial charge on any atom is -0.497 e. The molecule has 0 spiro atoms. The van der Waals surface area contributed by atoms with Crippen molar-refractivity contribution in [3.63, 3.8) is 0 Å². The summed E-state index contributed by atoms with van der Waals surface area (Å²) >= 11 is 0. The summed E-state index contributed by atoms with van der Waals surface area (Å²) in [6, 6.07) is 16.3. The van der Waals surface area contributed by atoms with Gasteiger partial charge in [-0.3, -0.25) is 14.2 Å². The van der Waals surface area contributed by atoms with Gasteiger partial charge in [-0.2, -0.15) is 13.2 Å². The zero-order valence-electron chi connectivity index (χ0n) is 19.4. The summed E-state index contributed by atoms with van der Waals surface area (Å²) in [5.41, 5.74) is -1.35. The summed E-state index contributed by atoms with van der Waals surface area (Å²) < 4.78 is 46.4. The lowest BCUT2D eigenvalue weighted by Gasteiger charge is -2.20. The number of nitrogens with zero attached hydrogens (tertiary/aromatic N) is 2. The molecule has 0 saturated carbocycles. The third-order valence-corrected chi connectivity index (χ3v) is 5.79. The minimum atomic E-state index is -4.51. The zero-order chi connectivity index (χ0) is 26.0. The lowest BCUT2D eigenvalue weighted by atomic mass is 10.1. The Kier molecular flexibility index (Phi) is 6.69. The second-order valence-corrected chi connectivity index (χ2v) is 8.10. The van der Waals surface area contributed by atoms with Crippen LogP contribution in [0.1, 0.15) is 24.1 Å². The number of nitrogens with one attached hydrogen (secondary N) is 1. The fourth-order valence-corrected chi connectivity index (χ4v) is 3.95. The number of alkyl halides is 3. The number of hydrogen-bond acceptors (Lipinski definition) is 4. The second-order valence-electron chi connectivity index (χ2n) is 8.10. The first kappa shape index (κ1) is 24.8. The maximum atomic E-state index is 13.6. The Morgan fingerprint density at radius 1 is 1.00 bits per heavy atom. The van der Waals surface area contributed by atoms with Crippen LogP contribution in [0.3, 0.4) is 0 Å². The molecule has 10 heteroatoms. The lowest BCUT2D eigenvalue weighted by Crippen LogP contribution is -2.43. The number of methoxy groups -OCH3 is 1. The predicted molar refractivity (Wildman–Crippen MR) is 128 cm³/mol. The summed E-state index contributed by atoms with van der Waals surface area (Å²) in [4.78, 5) is 39.8. The first-order chi connectivity index (χ1) is 17.1. The molecule has 0 fully saturated rings. The van der Waals surface area contributed by atoms with Crippen LogP contribution >= 0.6 is 0 Å². The van der Waals surface area contributed by atoms with Crippen LogP contribution in [-0.2, 0) is 17.5 Å². The zero-order valence-corrected chi connectivity index (χ0v) is 19.4. The van der Waals surface area contributed by atoms with Crippen molar-refractivity contribution in [3.8, 4) is 11.4 Å². The van der Waals surface area contributed by atoms with Gasteiger partial charge in [0.2, 0.25) is 5.91 Å². The number of ether oxygens (including phenoxy) is 1. The molecule has 3 aromatic carbocycles. The number of hydrogen-bond donors (Lipinski definition) is 1. The van der Waals surface area contributed by atoms with E-state index in [0.717, 1.165) is 16.7 Å². The number of para-hydroxylation sites is 1. The lowest BCUT2D eigenvalue weighted by molar-refractivity contribution is -0.137. The van der Waals surface area contributed by atoms with E-state index in [1.807, 2.05) is 0 Å². The molecule has 36 heavy (non-hydrogen) atoms. The van der Waals surface area contributed by atoms with Gasteiger partial charge in [-0.25, -0.2) is 9.36 Å². The fourth-order valence-electron chi connectivity index (χ4n) is 3.95. The Morgan fingerprint density at radius 2 is 1.72 bits per heavy atom. The molecule has 0 aliphatic heterocycles. The Balaban J connectivity index is 1.74. The number of halogens is 3. The van der Waals surface area contributed by atoms with E-state index in [1.165, 1.54) is 36.8 Å². The Bertz CT molecular complexity index is 1560. The molecular formula is C26H22F3N3O4. The fraction of sp³-hybridized carbons (Fsp3) is 0.192. The van der Waals surface area contributed by atoms with Gasteiger partial charge in [0.1, 0.15) is 11.8 Å². The summed E-state index contributed by atoms with van der Waals surface area (Å²) in [6.45, 7) is 1.31. The van der Waals surface area contributed by atoms with Crippen molar-refractivity contribution in [2.75, 3.05) is 7.11 Å². The quantitative estimate of drug-likeness (QED) is 0.436. The number of fused-ring (bicyclic) bond motifs is 1. The van der Waals surface area contributed by atoms with Gasteiger partial charge < -0.3 is 10.1 Å². The summed E-state index contributed by atoms with van der Waals surface area (Å²) in [7, 11) is 1.46. The van der Waals surface area contributed by atoms with E-state index in [9.17, 15) is 27.6 Å². The number of benzene rings is 3. The Labute approximate surface area is 203 Å². The van der Waals surface area contributed by atoms with E-state index in [-0.39, 0.29) is 28.7 Å². The molecule has 7 nitrogen and oxygen atoms in total. The monoisotopic (exact) mass is 497 g/mol. The smallest absolute Gasteiger partial charge is 0.416 e. The third-order valence-electron chi connectivity index (χ3n) is 5.79. The minimum absolute atomic E-state index is 0.171. The highest BCUT2D eigenvalue weighted by Gasteiger charge is 2.30. The second kappa shape index (κ2) is 9.73. The number of amides is 1. The van der Waals surface area contributed by atoms with Gasteiger partial charge >= 0.3 is 11.9 Å². The topological polar surface area (TPSA) is 82.3 Å². The molecule has 1 unspecified atom stereocenters. The van der Waals surface area contributed by atoms with Crippen LogP contribution in [0, 0.1) is 0 Å². The molecule has 0 radical (unpaired) electrons. The summed E-state index contributed by atoms with van der Waals surface area (Å²) in [5, 5.41) is 2.81. The largest absolute Gasteiger partial charge is 0.497 e. The molecular weight excluding hydrogens is 475 g/mol. The van der Waals surface area contributed by atoms with Gasteiger partial charge in [0.05, 0.1) is 29.3 Å². The van der Waals surface area contributed by atoms with Crippen molar-refractivity contribution in [1.29, 1.82) is 0 Å². The standard InChI is InChI=1S/C26H22F3N3O4/c1-16(23(33)30-15-17-7-5-8-18(13-17)26(27,28)29)31-22-12-4-3-11-21(22)24(34)32(25(31)35)19-9-6-10-20(14-19)36-2/h3-14,16H,15H2,1-2H3,(H,30,33). The molecule has 186 valence electrons. The maximum absolute atomic E-state index is 13.6. The normalized spacial score (nSPS) is 12.4. The molecule has 1 heterocycles. The van der Waals surface area contributed by atoms with E-state index in [1.54, 1.807) is 42.5 Å². The number of aromatic nitrogens is 2. The first-order valence-corrected chi connectivity index (χ1v) is 11.0. The average Bonchev–Trinajstić information content (AvgIpc) is 2.87. The van der Waals surface area contributed by atoms with E-state index >= 15 is 0 Å². The Hall–Kier alpha value is -4.34. The molecule has 0 bridgehead atoms. The van der Waals surface area contributed by atoms with Crippen LogP contribution in [0.15, 0.2) is 82.4 Å². The third kappa shape index (κ3) is 4.74. The number of carbonyl (C=O) groups excluding carboxylic acids is 1. The SMILES string of the molecule is COc1cccc(-n2c(=O)c3ccccc3n(C(C)C(=O)NCc3cccc(C(F)(F)F)c3)c2=O)c1. The number of rotatable bonds is 6. The van der Waals surface area contributed by atoms with Gasteiger partial charge in [0, 0.05) is 12.6 Å². The molecule has 1 amide bonds. The van der Waals surface area contributed by atoms with Crippen LogP contribution in [0.4, 0.5) is 13.2 Å².